The van der Waals surface area contributed by atoms with E-state index in [1.807, 2.05) is 0 Å². The van der Waals surface area contributed by atoms with Gasteiger partial charge >= 0.3 is 0 Å². The molecule has 1 saturated heterocycles. The number of amidine groups is 1. The van der Waals surface area contributed by atoms with E-state index in [9.17, 15) is 66.1 Å². The van der Waals surface area contributed by atoms with Gasteiger partial charge in [-0.15, -0.1) is 0 Å². The molecule has 1 aliphatic rings. The molecule has 17 heteroatoms. The third-order valence-corrected chi connectivity index (χ3v) is 9.82. The first kappa shape index (κ1) is 52.1. The minimum atomic E-state index is -1.53. The van der Waals surface area contributed by atoms with Crippen molar-refractivity contribution >= 4 is 11.6 Å². The molecular formula is C39H72N2O15. The van der Waals surface area contributed by atoms with Crippen LogP contribution in [-0.2, 0) is 14.3 Å². The van der Waals surface area contributed by atoms with E-state index in [1.54, 1.807) is 26.8 Å². The lowest BCUT2D eigenvalue weighted by atomic mass is 9.91. The highest BCUT2D eigenvalue weighted by atomic mass is 16.7. The molecule has 0 radical (unpaired) electrons. The van der Waals surface area contributed by atoms with Crippen molar-refractivity contribution in [1.82, 2.24) is 0 Å². The molecule has 0 bridgehead atoms. The SMILES string of the molecule is CCC(OC1OC(C)C(O)C(O)C1O)C(C)C(=O)CC(O)CC(O)CC(O)/C=C/CC(O)CC(O)CC(O)CC(O)/C=C/CC(O)CC(O)CCCN=C(C)N. The Labute approximate surface area is 330 Å². The van der Waals surface area contributed by atoms with Gasteiger partial charge in [-0.3, -0.25) is 9.79 Å². The first-order chi connectivity index (χ1) is 26.2. The fourth-order valence-corrected chi connectivity index (χ4v) is 6.51. The Balaban J connectivity index is 2.36. The number of nitrogens with two attached hydrogens (primary N) is 1. The molecule has 0 saturated carbocycles. The lowest BCUT2D eigenvalue weighted by Gasteiger charge is -2.40. The molecule has 1 heterocycles. The summed E-state index contributed by atoms with van der Waals surface area (Å²) in [4.78, 5) is 17.0. The number of ketones is 1. The number of Topliss-reactive ketones (excluding diaryl/α,β-unsaturated/α-hetero) is 1. The van der Waals surface area contributed by atoms with Gasteiger partial charge in [-0.2, -0.15) is 0 Å². The Morgan fingerprint density at radius 1 is 0.732 bits per heavy atom. The Morgan fingerprint density at radius 3 is 1.73 bits per heavy atom. The first-order valence-electron chi connectivity index (χ1n) is 19.8. The van der Waals surface area contributed by atoms with Gasteiger partial charge in [0.15, 0.2) is 6.29 Å². The van der Waals surface area contributed by atoms with Gasteiger partial charge in [-0.05, 0) is 71.6 Å². The van der Waals surface area contributed by atoms with E-state index in [4.69, 9.17) is 15.2 Å². The number of carbonyl (C=O) groups excluding carboxylic acids is 1. The maximum absolute atomic E-state index is 12.9. The Bertz CT molecular complexity index is 1160. The van der Waals surface area contributed by atoms with Crippen molar-refractivity contribution in [1.29, 1.82) is 0 Å². The molecule has 0 spiro atoms. The smallest absolute Gasteiger partial charge is 0.186 e. The summed E-state index contributed by atoms with van der Waals surface area (Å²) in [7, 11) is 0. The van der Waals surface area contributed by atoms with Gasteiger partial charge in [-0.25, -0.2) is 0 Å². The number of aliphatic hydroxyl groups excluding tert-OH is 12. The number of ether oxygens (including phenoxy) is 2. The molecule has 0 aromatic rings. The molecule has 328 valence electrons. The van der Waals surface area contributed by atoms with E-state index >= 15 is 0 Å². The van der Waals surface area contributed by atoms with Crippen molar-refractivity contribution < 1.29 is 75.5 Å². The van der Waals surface area contributed by atoms with Crippen molar-refractivity contribution in [3.05, 3.63) is 24.3 Å². The third kappa shape index (κ3) is 21.7. The highest BCUT2D eigenvalue weighted by Crippen LogP contribution is 2.26. The Hall–Kier alpha value is -1.94. The predicted octanol–water partition coefficient (Wildman–Crippen LogP) is -1.16. The number of nitrogens with zero attached hydrogens (tertiary/aromatic N) is 1. The van der Waals surface area contributed by atoms with Gasteiger partial charge in [0.1, 0.15) is 24.1 Å². The fraction of sp³-hybridized carbons (Fsp3) is 0.846. The van der Waals surface area contributed by atoms with Crippen molar-refractivity contribution in [2.24, 2.45) is 16.6 Å². The summed E-state index contributed by atoms with van der Waals surface area (Å²) in [6.45, 7) is 7.04. The Morgan fingerprint density at radius 2 is 1.21 bits per heavy atom. The van der Waals surface area contributed by atoms with Crippen molar-refractivity contribution in [2.45, 2.75) is 196 Å². The monoisotopic (exact) mass is 808 g/mol. The second-order valence-corrected chi connectivity index (χ2v) is 15.3. The second-order valence-electron chi connectivity index (χ2n) is 15.3. The van der Waals surface area contributed by atoms with Crippen LogP contribution in [0.5, 0.6) is 0 Å². The maximum Gasteiger partial charge on any atom is 0.186 e. The lowest BCUT2D eigenvalue weighted by Crippen LogP contribution is -2.58. The quantitative estimate of drug-likeness (QED) is 0.0184. The molecule has 1 aliphatic heterocycles. The van der Waals surface area contributed by atoms with Crippen LogP contribution in [0.25, 0.3) is 0 Å². The van der Waals surface area contributed by atoms with Crippen LogP contribution < -0.4 is 5.73 Å². The van der Waals surface area contributed by atoms with E-state index in [1.165, 1.54) is 25.2 Å². The third-order valence-electron chi connectivity index (χ3n) is 9.82. The summed E-state index contributed by atoms with van der Waals surface area (Å²) in [6.07, 6.45) is -9.60. The average Bonchev–Trinajstić information content (AvgIpc) is 3.09. The lowest BCUT2D eigenvalue weighted by molar-refractivity contribution is -0.306. The number of aliphatic hydroxyl groups is 12. The molecule has 14 N–H and O–H groups in total. The number of aliphatic imine (C=N–C) groups is 1. The largest absolute Gasteiger partial charge is 0.393 e. The van der Waals surface area contributed by atoms with Crippen LogP contribution in [0.2, 0.25) is 0 Å². The first-order valence-corrected chi connectivity index (χ1v) is 19.8. The molecule has 56 heavy (non-hydrogen) atoms. The minimum Gasteiger partial charge on any atom is -0.393 e. The van der Waals surface area contributed by atoms with E-state index in [-0.39, 0.29) is 63.6 Å². The summed E-state index contributed by atoms with van der Waals surface area (Å²) >= 11 is 0. The van der Waals surface area contributed by atoms with Crippen LogP contribution >= 0.6 is 0 Å². The van der Waals surface area contributed by atoms with Crippen molar-refractivity contribution in [3.8, 4) is 0 Å². The maximum atomic E-state index is 12.9. The van der Waals surface area contributed by atoms with Crippen molar-refractivity contribution in [3.63, 3.8) is 0 Å². The van der Waals surface area contributed by atoms with Crippen LogP contribution in [0.3, 0.4) is 0 Å². The average molecular weight is 809 g/mol. The molecular weight excluding hydrogens is 736 g/mol. The van der Waals surface area contributed by atoms with Gasteiger partial charge in [0, 0.05) is 31.7 Å². The van der Waals surface area contributed by atoms with Gasteiger partial charge in [0.05, 0.1) is 73.0 Å². The topological polar surface area (TPSA) is 317 Å². The summed E-state index contributed by atoms with van der Waals surface area (Å²) in [6, 6.07) is 0. The molecule has 0 aromatic heterocycles. The minimum absolute atomic E-state index is 0.0566. The summed E-state index contributed by atoms with van der Waals surface area (Å²) in [5.74, 6) is -0.636. The molecule has 16 atom stereocenters. The summed E-state index contributed by atoms with van der Waals surface area (Å²) in [5.41, 5.74) is 5.47. The van der Waals surface area contributed by atoms with Crippen LogP contribution in [-0.4, -0.2) is 171 Å². The molecule has 1 rings (SSSR count). The zero-order valence-corrected chi connectivity index (χ0v) is 33.4. The molecule has 1 fully saturated rings. The van der Waals surface area contributed by atoms with Gasteiger partial charge in [0.25, 0.3) is 0 Å². The van der Waals surface area contributed by atoms with E-state index in [0.29, 0.717) is 31.6 Å². The number of carbonyl (C=O) groups is 1. The Kier molecular flexibility index (Phi) is 25.8. The molecule has 16 unspecified atom stereocenters. The molecule has 0 aromatic carbocycles. The van der Waals surface area contributed by atoms with Gasteiger partial charge in [0.2, 0.25) is 0 Å². The molecule has 0 aliphatic carbocycles. The molecule has 17 nitrogen and oxygen atoms in total. The zero-order chi connectivity index (χ0) is 42.5. The van der Waals surface area contributed by atoms with Gasteiger partial charge in [-0.1, -0.05) is 38.2 Å². The molecule has 0 amide bonds. The summed E-state index contributed by atoms with van der Waals surface area (Å²) < 4.78 is 11.2. The predicted molar refractivity (Wildman–Crippen MR) is 207 cm³/mol. The highest BCUT2D eigenvalue weighted by Gasteiger charge is 2.44. The van der Waals surface area contributed by atoms with E-state index in [2.05, 4.69) is 4.99 Å². The number of hydrogen-bond donors (Lipinski definition) is 13. The van der Waals surface area contributed by atoms with E-state index < -0.39 is 97.7 Å². The highest BCUT2D eigenvalue weighted by molar-refractivity contribution is 5.81. The summed E-state index contributed by atoms with van der Waals surface area (Å²) in [5, 5.41) is 123. The van der Waals surface area contributed by atoms with E-state index in [0.717, 1.165) is 0 Å². The normalized spacial score (nSPS) is 27.0. The van der Waals surface area contributed by atoms with Crippen LogP contribution in [0, 0.1) is 5.92 Å². The van der Waals surface area contributed by atoms with Gasteiger partial charge < -0.3 is 76.5 Å². The second kappa shape index (κ2) is 27.7. The number of rotatable bonds is 29. The van der Waals surface area contributed by atoms with Crippen LogP contribution in [0.1, 0.15) is 105 Å². The standard InChI is InChI=1S/C39H72N2O15/c1-5-35(56-39-38(54)37(53)36(52)23(3)55-39)22(2)34(51)21-33(50)20-32(49)18-28(45)12-7-11-27(44)17-31(48)19-30(47)16-26(43)10-6-9-25(42)15-29(46)13-8-14-41-24(4)40/h6-7,10,12,22-23,25-33,35-39,42-50,52-54H,5,8-9,11,13-21H2,1-4H3,(H2,40,41)/b10-6+,12-7+. The van der Waals surface area contributed by atoms with Crippen LogP contribution in [0.4, 0.5) is 0 Å². The van der Waals surface area contributed by atoms with Crippen LogP contribution in [0.15, 0.2) is 29.3 Å². The number of hydrogen-bond acceptors (Lipinski definition) is 16. The zero-order valence-electron chi connectivity index (χ0n) is 33.4. The van der Waals surface area contributed by atoms with Crippen molar-refractivity contribution in [2.75, 3.05) is 6.54 Å². The fourth-order valence-electron chi connectivity index (χ4n) is 6.51.